The van der Waals surface area contributed by atoms with Gasteiger partial charge >= 0.3 is 5.69 Å². The van der Waals surface area contributed by atoms with Crippen LogP contribution in [0.15, 0.2) is 23.0 Å². The van der Waals surface area contributed by atoms with E-state index in [1.165, 1.54) is 0 Å². The Morgan fingerprint density at radius 2 is 1.93 bits per heavy atom. The molecule has 0 radical (unpaired) electrons. The number of H-pyrrole nitrogens is 2. The lowest BCUT2D eigenvalue weighted by Crippen LogP contribution is -2.27. The van der Waals surface area contributed by atoms with E-state index in [0.29, 0.717) is 0 Å². The number of hydrogen-bond donors (Lipinski definition) is 3. The molecular formula is C10H14N4O. The number of hydrogen-bond acceptors (Lipinski definition) is 3. The summed E-state index contributed by atoms with van der Waals surface area (Å²) in [4.78, 5) is 18.4. The summed E-state index contributed by atoms with van der Waals surface area (Å²) in [5, 5.41) is 0. The molecular weight excluding hydrogens is 192 g/mol. The maximum absolute atomic E-state index is 11.1. The Hall–Kier alpha value is -1.59. The molecule has 2 rings (SSSR count). The molecule has 0 aliphatic rings. The normalized spacial score (nSPS) is 13.6. The van der Waals surface area contributed by atoms with Gasteiger partial charge in [0.15, 0.2) is 0 Å². The first kappa shape index (κ1) is 9.95. The third-order valence-electron chi connectivity index (χ3n) is 2.44. The second-order valence-corrected chi connectivity index (χ2v) is 3.79. The summed E-state index contributed by atoms with van der Waals surface area (Å²) in [5.74, 6) is 0. The number of rotatable bonds is 2. The van der Waals surface area contributed by atoms with Gasteiger partial charge in [-0.25, -0.2) is 4.79 Å². The molecule has 0 saturated heterocycles. The first-order chi connectivity index (χ1) is 7.08. The van der Waals surface area contributed by atoms with Crippen LogP contribution in [0.3, 0.4) is 0 Å². The Morgan fingerprint density at radius 1 is 1.27 bits per heavy atom. The minimum Gasteiger partial charge on any atom is -0.312 e. The Kier molecular flexibility index (Phi) is 2.34. The van der Waals surface area contributed by atoms with Crippen LogP contribution in [-0.2, 0) is 0 Å². The SMILES string of the molecule is CN(C)C(N)c1ccc2[nH]c(=O)[nH]c2c1. The number of benzene rings is 1. The fourth-order valence-electron chi connectivity index (χ4n) is 1.53. The zero-order chi connectivity index (χ0) is 11.0. The second kappa shape index (κ2) is 3.52. The van der Waals surface area contributed by atoms with Gasteiger partial charge in [-0.1, -0.05) is 6.07 Å². The summed E-state index contributed by atoms with van der Waals surface area (Å²) in [6.07, 6.45) is -0.159. The summed E-state index contributed by atoms with van der Waals surface area (Å²) < 4.78 is 0. The van der Waals surface area contributed by atoms with Crippen molar-refractivity contribution in [3.63, 3.8) is 0 Å². The molecule has 80 valence electrons. The van der Waals surface area contributed by atoms with Crippen molar-refractivity contribution in [3.05, 3.63) is 34.2 Å². The van der Waals surface area contributed by atoms with Gasteiger partial charge in [-0.15, -0.1) is 0 Å². The number of imidazole rings is 1. The molecule has 15 heavy (non-hydrogen) atoms. The van der Waals surface area contributed by atoms with Crippen LogP contribution in [-0.4, -0.2) is 29.0 Å². The van der Waals surface area contributed by atoms with Crippen molar-refractivity contribution in [3.8, 4) is 0 Å². The summed E-state index contributed by atoms with van der Waals surface area (Å²) in [6.45, 7) is 0. The van der Waals surface area contributed by atoms with Crippen LogP contribution in [0.1, 0.15) is 11.7 Å². The van der Waals surface area contributed by atoms with Crippen LogP contribution in [0.25, 0.3) is 11.0 Å². The first-order valence-electron chi connectivity index (χ1n) is 4.72. The van der Waals surface area contributed by atoms with Gasteiger partial charge in [-0.05, 0) is 31.8 Å². The van der Waals surface area contributed by atoms with Crippen LogP contribution in [0.4, 0.5) is 0 Å². The highest BCUT2D eigenvalue weighted by molar-refractivity contribution is 5.75. The molecule has 2 aromatic rings. The van der Waals surface area contributed by atoms with Crippen molar-refractivity contribution in [2.24, 2.45) is 5.73 Å². The van der Waals surface area contributed by atoms with Crippen LogP contribution in [0.5, 0.6) is 0 Å². The standard InChI is InChI=1S/C10H14N4O/c1-14(2)9(11)6-3-4-7-8(5-6)13-10(15)12-7/h3-5,9H,11H2,1-2H3,(H2,12,13,15). The average Bonchev–Trinajstić information content (AvgIpc) is 2.55. The number of nitrogens with one attached hydrogen (secondary N) is 2. The van der Waals surface area contributed by atoms with Gasteiger partial charge < -0.3 is 15.7 Å². The molecule has 5 heteroatoms. The number of fused-ring (bicyclic) bond motifs is 1. The van der Waals surface area contributed by atoms with Gasteiger partial charge in [-0.3, -0.25) is 4.90 Å². The minimum absolute atomic E-state index is 0.159. The maximum Gasteiger partial charge on any atom is 0.323 e. The highest BCUT2D eigenvalue weighted by Gasteiger charge is 2.09. The fraction of sp³-hybridized carbons (Fsp3) is 0.300. The van der Waals surface area contributed by atoms with Crippen LogP contribution >= 0.6 is 0 Å². The van der Waals surface area contributed by atoms with Crippen molar-refractivity contribution in [1.29, 1.82) is 0 Å². The largest absolute Gasteiger partial charge is 0.323 e. The van der Waals surface area contributed by atoms with Crippen LogP contribution in [0.2, 0.25) is 0 Å². The second-order valence-electron chi connectivity index (χ2n) is 3.79. The third kappa shape index (κ3) is 1.79. The molecule has 0 bridgehead atoms. The van der Waals surface area contributed by atoms with Gasteiger partial charge in [0.05, 0.1) is 17.2 Å². The van der Waals surface area contributed by atoms with E-state index in [9.17, 15) is 4.79 Å². The van der Waals surface area contributed by atoms with E-state index in [1.54, 1.807) is 0 Å². The number of aromatic nitrogens is 2. The van der Waals surface area contributed by atoms with Crippen molar-refractivity contribution in [2.45, 2.75) is 6.17 Å². The molecule has 4 N–H and O–H groups in total. The highest BCUT2D eigenvalue weighted by Crippen LogP contribution is 2.16. The van der Waals surface area contributed by atoms with E-state index in [1.807, 2.05) is 37.2 Å². The number of nitrogens with zero attached hydrogens (tertiary/aromatic N) is 1. The monoisotopic (exact) mass is 206 g/mol. The minimum atomic E-state index is -0.194. The Labute approximate surface area is 86.9 Å². The van der Waals surface area contributed by atoms with Gasteiger partial charge in [0.25, 0.3) is 0 Å². The highest BCUT2D eigenvalue weighted by atomic mass is 16.1. The van der Waals surface area contributed by atoms with E-state index >= 15 is 0 Å². The smallest absolute Gasteiger partial charge is 0.312 e. The molecule has 1 heterocycles. The van der Waals surface area contributed by atoms with Crippen molar-refractivity contribution < 1.29 is 0 Å². The molecule has 1 atom stereocenters. The molecule has 0 amide bonds. The lowest BCUT2D eigenvalue weighted by molar-refractivity contribution is 0.307. The summed E-state index contributed by atoms with van der Waals surface area (Å²) in [6, 6.07) is 5.65. The van der Waals surface area contributed by atoms with E-state index in [-0.39, 0.29) is 11.9 Å². The molecule has 1 aromatic heterocycles. The van der Waals surface area contributed by atoms with E-state index in [2.05, 4.69) is 9.97 Å². The average molecular weight is 206 g/mol. The fourth-order valence-corrected chi connectivity index (χ4v) is 1.53. The lowest BCUT2D eigenvalue weighted by atomic mass is 10.1. The molecule has 0 spiro atoms. The summed E-state index contributed by atoms with van der Waals surface area (Å²) in [7, 11) is 3.82. The Balaban J connectivity index is 2.50. The van der Waals surface area contributed by atoms with Gasteiger partial charge in [0.2, 0.25) is 0 Å². The lowest BCUT2D eigenvalue weighted by Gasteiger charge is -2.19. The Bertz CT molecular complexity index is 525. The van der Waals surface area contributed by atoms with Crippen LogP contribution in [0, 0.1) is 0 Å². The molecule has 5 nitrogen and oxygen atoms in total. The number of aromatic amines is 2. The number of nitrogens with two attached hydrogens (primary N) is 1. The zero-order valence-electron chi connectivity index (χ0n) is 8.74. The Morgan fingerprint density at radius 3 is 2.60 bits per heavy atom. The zero-order valence-corrected chi connectivity index (χ0v) is 8.74. The summed E-state index contributed by atoms with van der Waals surface area (Å²) >= 11 is 0. The maximum atomic E-state index is 11.1. The van der Waals surface area contributed by atoms with Crippen LogP contribution < -0.4 is 11.4 Å². The van der Waals surface area contributed by atoms with E-state index in [4.69, 9.17) is 5.73 Å². The third-order valence-corrected chi connectivity index (χ3v) is 2.44. The van der Waals surface area contributed by atoms with Gasteiger partial charge in [0.1, 0.15) is 0 Å². The van der Waals surface area contributed by atoms with Crippen molar-refractivity contribution >= 4 is 11.0 Å². The quantitative estimate of drug-likeness (QED) is 0.621. The molecule has 0 saturated carbocycles. The first-order valence-corrected chi connectivity index (χ1v) is 4.72. The summed E-state index contributed by atoms with van der Waals surface area (Å²) in [5.41, 5.74) is 8.33. The van der Waals surface area contributed by atoms with Crippen molar-refractivity contribution in [1.82, 2.24) is 14.9 Å². The van der Waals surface area contributed by atoms with E-state index in [0.717, 1.165) is 16.6 Å². The topological polar surface area (TPSA) is 77.9 Å². The molecule has 0 aliphatic heterocycles. The predicted octanol–water partition coefficient (Wildman–Crippen LogP) is 0.375. The molecule has 1 aromatic carbocycles. The van der Waals surface area contributed by atoms with E-state index < -0.39 is 0 Å². The van der Waals surface area contributed by atoms with Crippen molar-refractivity contribution in [2.75, 3.05) is 14.1 Å². The van der Waals surface area contributed by atoms with Gasteiger partial charge in [0, 0.05) is 0 Å². The molecule has 0 fully saturated rings. The molecule has 0 aliphatic carbocycles. The van der Waals surface area contributed by atoms with Gasteiger partial charge in [-0.2, -0.15) is 0 Å². The predicted molar refractivity (Wildman–Crippen MR) is 59.5 cm³/mol. The molecule has 1 unspecified atom stereocenters.